The Kier molecular flexibility index (Phi) is 3.20. The summed E-state index contributed by atoms with van der Waals surface area (Å²) in [5.41, 5.74) is 7.61. The fourth-order valence-corrected chi connectivity index (χ4v) is 2.18. The van der Waals surface area contributed by atoms with Crippen molar-refractivity contribution in [3.63, 3.8) is 0 Å². The Labute approximate surface area is 103 Å². The van der Waals surface area contributed by atoms with E-state index < -0.39 is 0 Å². The van der Waals surface area contributed by atoms with Crippen LogP contribution >= 0.6 is 0 Å². The van der Waals surface area contributed by atoms with E-state index in [0.29, 0.717) is 13.1 Å². The molecule has 1 aromatic rings. The van der Waals surface area contributed by atoms with Crippen LogP contribution in [0, 0.1) is 12.3 Å². The minimum absolute atomic E-state index is 0.188. The van der Waals surface area contributed by atoms with Crippen LogP contribution in [0.2, 0.25) is 0 Å². The summed E-state index contributed by atoms with van der Waals surface area (Å²) in [5.74, 6) is 0.188. The van der Waals surface area contributed by atoms with Crippen LogP contribution in [-0.4, -0.2) is 19.0 Å². The molecule has 3 heteroatoms. The SMILES string of the molecule is CCN(C(=O)C1(CN)CC1)c1cccc(C)c1. The van der Waals surface area contributed by atoms with E-state index in [4.69, 9.17) is 5.73 Å². The number of carbonyl (C=O) groups excluding carboxylic acids is 1. The van der Waals surface area contributed by atoms with Crippen LogP contribution in [0.4, 0.5) is 5.69 Å². The van der Waals surface area contributed by atoms with Gasteiger partial charge in [-0.25, -0.2) is 0 Å². The van der Waals surface area contributed by atoms with Gasteiger partial charge in [0.05, 0.1) is 5.41 Å². The molecule has 0 bridgehead atoms. The second-order valence-electron chi connectivity index (χ2n) is 4.87. The summed E-state index contributed by atoms with van der Waals surface area (Å²) in [6.45, 7) is 5.21. The standard InChI is InChI=1S/C14H20N2O/c1-3-16(12-6-4-5-11(2)9-12)13(17)14(10-15)7-8-14/h4-6,9H,3,7-8,10,15H2,1-2H3. The Morgan fingerprint density at radius 3 is 2.65 bits per heavy atom. The van der Waals surface area contributed by atoms with Gasteiger partial charge in [-0.1, -0.05) is 12.1 Å². The van der Waals surface area contributed by atoms with E-state index in [-0.39, 0.29) is 11.3 Å². The molecule has 17 heavy (non-hydrogen) atoms. The molecule has 0 aliphatic heterocycles. The van der Waals surface area contributed by atoms with Crippen molar-refractivity contribution in [2.45, 2.75) is 26.7 Å². The molecule has 2 N–H and O–H groups in total. The van der Waals surface area contributed by atoms with Gasteiger partial charge in [0, 0.05) is 18.8 Å². The van der Waals surface area contributed by atoms with Gasteiger partial charge in [0.15, 0.2) is 0 Å². The smallest absolute Gasteiger partial charge is 0.234 e. The van der Waals surface area contributed by atoms with Gasteiger partial charge in [-0.2, -0.15) is 0 Å². The number of aryl methyl sites for hydroxylation is 1. The van der Waals surface area contributed by atoms with E-state index in [0.717, 1.165) is 18.5 Å². The van der Waals surface area contributed by atoms with Crippen molar-refractivity contribution in [1.29, 1.82) is 0 Å². The Hall–Kier alpha value is -1.35. The van der Waals surface area contributed by atoms with Gasteiger partial charge in [-0.15, -0.1) is 0 Å². The number of rotatable bonds is 4. The Morgan fingerprint density at radius 1 is 1.47 bits per heavy atom. The van der Waals surface area contributed by atoms with E-state index in [1.807, 2.05) is 43.0 Å². The molecule has 3 nitrogen and oxygen atoms in total. The topological polar surface area (TPSA) is 46.3 Å². The summed E-state index contributed by atoms with van der Waals surface area (Å²) in [4.78, 5) is 14.3. The molecule has 0 atom stereocenters. The number of hydrogen-bond acceptors (Lipinski definition) is 2. The summed E-state index contributed by atoms with van der Waals surface area (Å²) in [6.07, 6.45) is 1.87. The minimum atomic E-state index is -0.264. The molecular weight excluding hydrogens is 212 g/mol. The third-order valence-corrected chi connectivity index (χ3v) is 3.57. The fourth-order valence-electron chi connectivity index (χ4n) is 2.18. The maximum Gasteiger partial charge on any atom is 0.234 e. The molecule has 92 valence electrons. The van der Waals surface area contributed by atoms with Gasteiger partial charge >= 0.3 is 0 Å². The van der Waals surface area contributed by atoms with Crippen LogP contribution in [0.25, 0.3) is 0 Å². The van der Waals surface area contributed by atoms with E-state index in [9.17, 15) is 4.79 Å². The molecule has 0 heterocycles. The van der Waals surface area contributed by atoms with Gasteiger partial charge in [-0.3, -0.25) is 4.79 Å². The molecule has 2 rings (SSSR count). The maximum absolute atomic E-state index is 12.4. The third-order valence-electron chi connectivity index (χ3n) is 3.57. The Morgan fingerprint density at radius 2 is 2.18 bits per heavy atom. The second kappa shape index (κ2) is 4.49. The normalized spacial score (nSPS) is 16.6. The highest BCUT2D eigenvalue weighted by atomic mass is 16.2. The highest BCUT2D eigenvalue weighted by molar-refractivity contribution is 5.99. The van der Waals surface area contributed by atoms with Crippen LogP contribution in [0.3, 0.4) is 0 Å². The molecule has 1 aromatic carbocycles. The number of carbonyl (C=O) groups is 1. The highest BCUT2D eigenvalue weighted by Gasteiger charge is 2.50. The zero-order valence-corrected chi connectivity index (χ0v) is 10.6. The van der Waals surface area contributed by atoms with Gasteiger partial charge < -0.3 is 10.6 Å². The van der Waals surface area contributed by atoms with Crippen LogP contribution in [-0.2, 0) is 4.79 Å². The summed E-state index contributed by atoms with van der Waals surface area (Å²) in [7, 11) is 0. The van der Waals surface area contributed by atoms with E-state index in [1.54, 1.807) is 0 Å². The summed E-state index contributed by atoms with van der Waals surface area (Å²) in [6, 6.07) is 8.06. The number of anilines is 1. The van der Waals surface area contributed by atoms with Crippen molar-refractivity contribution in [1.82, 2.24) is 0 Å². The lowest BCUT2D eigenvalue weighted by molar-refractivity contribution is -0.123. The van der Waals surface area contributed by atoms with Gasteiger partial charge in [0.2, 0.25) is 5.91 Å². The highest BCUT2D eigenvalue weighted by Crippen LogP contribution is 2.46. The molecule has 1 saturated carbocycles. The van der Waals surface area contributed by atoms with E-state index in [2.05, 4.69) is 0 Å². The first-order valence-electron chi connectivity index (χ1n) is 6.21. The van der Waals surface area contributed by atoms with E-state index in [1.165, 1.54) is 5.56 Å². The fraction of sp³-hybridized carbons (Fsp3) is 0.500. The predicted octanol–water partition coefficient (Wildman–Crippen LogP) is 2.09. The molecule has 0 saturated heterocycles. The lowest BCUT2D eigenvalue weighted by Crippen LogP contribution is -2.40. The quantitative estimate of drug-likeness (QED) is 0.864. The maximum atomic E-state index is 12.4. The third kappa shape index (κ3) is 2.20. The molecule has 1 amide bonds. The molecule has 1 aliphatic carbocycles. The molecular formula is C14H20N2O. The minimum Gasteiger partial charge on any atom is -0.329 e. The zero-order chi connectivity index (χ0) is 12.5. The van der Waals surface area contributed by atoms with Crippen molar-refractivity contribution < 1.29 is 4.79 Å². The van der Waals surface area contributed by atoms with E-state index >= 15 is 0 Å². The van der Waals surface area contributed by atoms with Crippen LogP contribution < -0.4 is 10.6 Å². The molecule has 0 unspecified atom stereocenters. The Balaban J connectivity index is 2.25. The van der Waals surface area contributed by atoms with Gasteiger partial charge in [-0.05, 0) is 44.4 Å². The summed E-state index contributed by atoms with van der Waals surface area (Å²) in [5, 5.41) is 0. The number of nitrogens with zero attached hydrogens (tertiary/aromatic N) is 1. The molecule has 0 radical (unpaired) electrons. The zero-order valence-electron chi connectivity index (χ0n) is 10.6. The first-order chi connectivity index (χ1) is 8.13. The number of nitrogens with two attached hydrogens (primary N) is 1. The summed E-state index contributed by atoms with van der Waals surface area (Å²) >= 11 is 0. The van der Waals surface area contributed by atoms with Crippen molar-refractivity contribution in [3.05, 3.63) is 29.8 Å². The molecule has 0 spiro atoms. The lowest BCUT2D eigenvalue weighted by Gasteiger charge is -2.26. The molecule has 1 aliphatic rings. The lowest BCUT2D eigenvalue weighted by atomic mass is 10.0. The van der Waals surface area contributed by atoms with Crippen LogP contribution in [0.15, 0.2) is 24.3 Å². The summed E-state index contributed by atoms with van der Waals surface area (Å²) < 4.78 is 0. The van der Waals surface area contributed by atoms with Crippen molar-refractivity contribution >= 4 is 11.6 Å². The monoisotopic (exact) mass is 232 g/mol. The molecule has 1 fully saturated rings. The second-order valence-corrected chi connectivity index (χ2v) is 4.87. The van der Waals surface area contributed by atoms with Crippen molar-refractivity contribution in [3.8, 4) is 0 Å². The van der Waals surface area contributed by atoms with Gasteiger partial charge in [0.1, 0.15) is 0 Å². The van der Waals surface area contributed by atoms with Crippen LogP contribution in [0.5, 0.6) is 0 Å². The van der Waals surface area contributed by atoms with Crippen molar-refractivity contribution in [2.75, 3.05) is 18.0 Å². The first kappa shape index (κ1) is 12.1. The van der Waals surface area contributed by atoms with Gasteiger partial charge in [0.25, 0.3) is 0 Å². The number of hydrogen-bond donors (Lipinski definition) is 1. The van der Waals surface area contributed by atoms with Crippen molar-refractivity contribution in [2.24, 2.45) is 11.1 Å². The number of amides is 1. The largest absolute Gasteiger partial charge is 0.329 e. The first-order valence-corrected chi connectivity index (χ1v) is 6.21. The average Bonchev–Trinajstić information content (AvgIpc) is 3.11. The van der Waals surface area contributed by atoms with Crippen LogP contribution in [0.1, 0.15) is 25.3 Å². The number of benzene rings is 1. The Bertz CT molecular complexity index is 424. The average molecular weight is 232 g/mol. The predicted molar refractivity (Wildman–Crippen MR) is 69.9 cm³/mol. The molecule has 0 aromatic heterocycles.